The highest BCUT2D eigenvalue weighted by molar-refractivity contribution is 5.89. The molecule has 0 saturated heterocycles. The second kappa shape index (κ2) is 7.09. The van der Waals surface area contributed by atoms with E-state index in [0.29, 0.717) is 18.5 Å². The van der Waals surface area contributed by atoms with Crippen LogP contribution in [0.5, 0.6) is 0 Å². The predicted molar refractivity (Wildman–Crippen MR) is 86.1 cm³/mol. The van der Waals surface area contributed by atoms with Gasteiger partial charge in [0.25, 0.3) is 0 Å². The number of carbonyl (C=O) groups is 1. The summed E-state index contributed by atoms with van der Waals surface area (Å²) in [7, 11) is 0. The van der Waals surface area contributed by atoms with Crippen molar-refractivity contribution in [2.24, 2.45) is 0 Å². The number of urea groups is 1. The molecule has 1 heterocycles. The molecule has 0 unspecified atom stereocenters. The fraction of sp³-hybridized carbons (Fsp3) is 0.375. The molecule has 0 aliphatic carbocycles. The molecule has 1 aromatic heterocycles. The summed E-state index contributed by atoms with van der Waals surface area (Å²) in [6, 6.07) is 9.31. The third-order valence-corrected chi connectivity index (χ3v) is 3.90. The molecule has 6 nitrogen and oxygen atoms in total. The molecule has 118 valence electrons. The van der Waals surface area contributed by atoms with E-state index in [1.54, 1.807) is 17.1 Å². The molecular formula is C16H22N4O2. The van der Waals surface area contributed by atoms with Gasteiger partial charge >= 0.3 is 6.03 Å². The number of carbonyl (C=O) groups excluding carboxylic acids is 1. The lowest BCUT2D eigenvalue weighted by molar-refractivity contribution is 0.155. The maximum atomic E-state index is 12.1. The molecule has 0 saturated carbocycles. The van der Waals surface area contributed by atoms with Crippen LogP contribution < -0.4 is 10.6 Å². The highest BCUT2D eigenvalue weighted by Crippen LogP contribution is 2.15. The molecule has 22 heavy (non-hydrogen) atoms. The number of aliphatic hydroxyl groups excluding tert-OH is 1. The zero-order valence-corrected chi connectivity index (χ0v) is 12.9. The summed E-state index contributed by atoms with van der Waals surface area (Å²) in [6.45, 7) is 3.79. The van der Waals surface area contributed by atoms with Crippen molar-refractivity contribution in [1.82, 2.24) is 15.1 Å². The fourth-order valence-corrected chi connectivity index (χ4v) is 2.20. The highest BCUT2D eigenvalue weighted by Gasteiger charge is 2.27. The van der Waals surface area contributed by atoms with E-state index in [1.807, 2.05) is 44.2 Å². The van der Waals surface area contributed by atoms with Crippen molar-refractivity contribution in [2.45, 2.75) is 32.2 Å². The van der Waals surface area contributed by atoms with Crippen molar-refractivity contribution in [3.63, 3.8) is 0 Å². The Morgan fingerprint density at radius 2 is 1.95 bits per heavy atom. The molecule has 6 heteroatoms. The van der Waals surface area contributed by atoms with E-state index >= 15 is 0 Å². The predicted octanol–water partition coefficient (Wildman–Crippen LogP) is 2.54. The second-order valence-corrected chi connectivity index (χ2v) is 5.23. The average Bonchev–Trinajstić information content (AvgIpc) is 3.02. The lowest BCUT2D eigenvalue weighted by atomic mass is 9.94. The van der Waals surface area contributed by atoms with E-state index in [1.165, 1.54) is 0 Å². The standard InChI is InChI=1S/C16H22N4O2/c1-3-16(4-2,12-21)19-15(22)18-13-10-17-20(11-13)14-8-6-5-7-9-14/h5-11,21H,3-4,12H2,1-2H3,(H2,18,19,22). The third-order valence-electron chi connectivity index (χ3n) is 3.90. The lowest BCUT2D eigenvalue weighted by Crippen LogP contribution is -2.51. The minimum atomic E-state index is -0.584. The maximum absolute atomic E-state index is 12.1. The van der Waals surface area contributed by atoms with Gasteiger partial charge in [-0.2, -0.15) is 5.10 Å². The van der Waals surface area contributed by atoms with Gasteiger partial charge in [0.15, 0.2) is 0 Å². The Morgan fingerprint density at radius 3 is 2.55 bits per heavy atom. The third kappa shape index (κ3) is 3.65. The summed E-state index contributed by atoms with van der Waals surface area (Å²) < 4.78 is 1.69. The monoisotopic (exact) mass is 302 g/mol. The van der Waals surface area contributed by atoms with Crippen molar-refractivity contribution < 1.29 is 9.90 Å². The van der Waals surface area contributed by atoms with Crippen LogP contribution in [-0.2, 0) is 0 Å². The molecule has 3 N–H and O–H groups in total. The highest BCUT2D eigenvalue weighted by atomic mass is 16.3. The molecule has 1 aromatic carbocycles. The van der Waals surface area contributed by atoms with Crippen LogP contribution in [-0.4, -0.2) is 33.1 Å². The van der Waals surface area contributed by atoms with Crippen LogP contribution in [0.1, 0.15) is 26.7 Å². The number of aliphatic hydroxyl groups is 1. The zero-order chi connectivity index (χ0) is 16.0. The lowest BCUT2D eigenvalue weighted by Gasteiger charge is -2.30. The van der Waals surface area contributed by atoms with Gasteiger partial charge in [0.1, 0.15) is 0 Å². The zero-order valence-electron chi connectivity index (χ0n) is 12.9. The van der Waals surface area contributed by atoms with Crippen LogP contribution in [0.2, 0.25) is 0 Å². The first-order valence-electron chi connectivity index (χ1n) is 7.42. The summed E-state index contributed by atoms with van der Waals surface area (Å²) in [5.41, 5.74) is 0.933. The summed E-state index contributed by atoms with van der Waals surface area (Å²) >= 11 is 0. The van der Waals surface area contributed by atoms with E-state index in [2.05, 4.69) is 15.7 Å². The molecule has 2 amide bonds. The summed E-state index contributed by atoms with van der Waals surface area (Å²) in [6.07, 6.45) is 4.66. The number of nitrogens with zero attached hydrogens (tertiary/aromatic N) is 2. The van der Waals surface area contributed by atoms with E-state index in [9.17, 15) is 9.90 Å². The van der Waals surface area contributed by atoms with Gasteiger partial charge in [-0.25, -0.2) is 9.48 Å². The Hall–Kier alpha value is -2.34. The Bertz CT molecular complexity index is 597. The molecular weight excluding hydrogens is 280 g/mol. The first kappa shape index (κ1) is 16.0. The van der Waals surface area contributed by atoms with E-state index in [4.69, 9.17) is 0 Å². The van der Waals surface area contributed by atoms with Gasteiger partial charge in [0, 0.05) is 0 Å². The van der Waals surface area contributed by atoms with Gasteiger partial charge in [-0.3, -0.25) is 0 Å². The SMILES string of the molecule is CCC(CC)(CO)NC(=O)Nc1cnn(-c2ccccc2)c1. The van der Waals surface area contributed by atoms with Crippen molar-refractivity contribution in [1.29, 1.82) is 0 Å². The molecule has 0 atom stereocenters. The van der Waals surface area contributed by atoms with Gasteiger partial charge in [-0.05, 0) is 25.0 Å². The number of para-hydroxylation sites is 1. The van der Waals surface area contributed by atoms with Crippen molar-refractivity contribution in [3.8, 4) is 5.69 Å². The van der Waals surface area contributed by atoms with Gasteiger partial charge < -0.3 is 15.7 Å². The van der Waals surface area contributed by atoms with E-state index < -0.39 is 5.54 Å². The number of hydrogen-bond donors (Lipinski definition) is 3. The van der Waals surface area contributed by atoms with Gasteiger partial charge in [0.05, 0.1) is 35.9 Å². The van der Waals surface area contributed by atoms with Gasteiger partial charge in [-0.15, -0.1) is 0 Å². The van der Waals surface area contributed by atoms with Crippen molar-refractivity contribution in [2.75, 3.05) is 11.9 Å². The molecule has 0 fully saturated rings. The molecule has 0 spiro atoms. The number of benzene rings is 1. The molecule has 0 aliphatic rings. The maximum Gasteiger partial charge on any atom is 0.319 e. The first-order valence-corrected chi connectivity index (χ1v) is 7.42. The largest absolute Gasteiger partial charge is 0.394 e. The molecule has 2 rings (SSSR count). The second-order valence-electron chi connectivity index (χ2n) is 5.23. The average molecular weight is 302 g/mol. The van der Waals surface area contributed by atoms with Crippen molar-refractivity contribution in [3.05, 3.63) is 42.7 Å². The minimum absolute atomic E-state index is 0.0866. The minimum Gasteiger partial charge on any atom is -0.394 e. The quantitative estimate of drug-likeness (QED) is 0.767. The number of amides is 2. The van der Waals surface area contributed by atoms with Crippen LogP contribution in [0, 0.1) is 0 Å². The summed E-state index contributed by atoms with van der Waals surface area (Å²) in [4.78, 5) is 12.1. The van der Waals surface area contributed by atoms with E-state index in [-0.39, 0.29) is 12.6 Å². The number of anilines is 1. The number of nitrogens with one attached hydrogen (secondary N) is 2. The molecule has 2 aromatic rings. The first-order chi connectivity index (χ1) is 10.6. The van der Waals surface area contributed by atoms with Crippen LogP contribution in [0.4, 0.5) is 10.5 Å². The fourth-order valence-electron chi connectivity index (χ4n) is 2.20. The summed E-state index contributed by atoms with van der Waals surface area (Å²) in [5.74, 6) is 0. The van der Waals surface area contributed by atoms with Crippen LogP contribution in [0.15, 0.2) is 42.7 Å². The Labute approximate surface area is 130 Å². The smallest absolute Gasteiger partial charge is 0.319 e. The Balaban J connectivity index is 2.02. The Kier molecular flexibility index (Phi) is 5.16. The molecule has 0 bridgehead atoms. The number of aromatic nitrogens is 2. The topological polar surface area (TPSA) is 79.2 Å². The molecule has 0 aliphatic heterocycles. The Morgan fingerprint density at radius 1 is 1.27 bits per heavy atom. The summed E-state index contributed by atoms with van der Waals surface area (Å²) in [5, 5.41) is 19.3. The normalized spacial score (nSPS) is 11.2. The number of rotatable bonds is 6. The van der Waals surface area contributed by atoms with Gasteiger partial charge in [0.2, 0.25) is 0 Å². The number of hydrogen-bond acceptors (Lipinski definition) is 3. The van der Waals surface area contributed by atoms with Gasteiger partial charge in [-0.1, -0.05) is 32.0 Å². The van der Waals surface area contributed by atoms with Crippen molar-refractivity contribution >= 4 is 11.7 Å². The van der Waals surface area contributed by atoms with Crippen LogP contribution in [0.3, 0.4) is 0 Å². The van der Waals surface area contributed by atoms with Crippen LogP contribution >= 0.6 is 0 Å². The molecule has 0 radical (unpaired) electrons. The van der Waals surface area contributed by atoms with Crippen LogP contribution in [0.25, 0.3) is 5.69 Å². The van der Waals surface area contributed by atoms with E-state index in [0.717, 1.165) is 5.69 Å².